The first kappa shape index (κ1) is 54.3. The van der Waals surface area contributed by atoms with Crippen LogP contribution >= 0.6 is 0 Å². The standard InChI is InChI=1S/C49H87NO7/c1-6-8-10-12-14-16-18-20-21-22-23-24-25-26-28-29-31-33-35-37-39-47(51)56-44-45(43-55-42-41-46(49(53)54)50(3,4)5)57-48(52)40-38-36-34-32-30-27-19-17-15-13-11-9-7-2/h8,10,14,16,20-21,27,30,45-46H,6-7,9,11-13,15,17-19,22-26,28-29,31-44H2,1-5H3/p+1/b10-8+,16-14+,21-20+,30-27+. The predicted molar refractivity (Wildman–Crippen MR) is 238 cm³/mol. The molecule has 1 N–H and O–H groups in total. The first-order chi connectivity index (χ1) is 27.6. The first-order valence-corrected chi connectivity index (χ1v) is 23.2. The monoisotopic (exact) mass is 803 g/mol. The van der Waals surface area contributed by atoms with Gasteiger partial charge >= 0.3 is 17.9 Å². The maximum atomic E-state index is 12.7. The number of allylic oxidation sites excluding steroid dienone is 8. The third-order valence-corrected chi connectivity index (χ3v) is 10.2. The normalized spacial score (nSPS) is 13.4. The molecule has 8 nitrogen and oxygen atoms in total. The number of hydrogen-bond donors (Lipinski definition) is 1. The third kappa shape index (κ3) is 38.6. The average Bonchev–Trinajstić information content (AvgIpc) is 3.17. The van der Waals surface area contributed by atoms with E-state index in [0.717, 1.165) is 70.6 Å². The maximum Gasteiger partial charge on any atom is 0.362 e. The molecule has 0 aromatic carbocycles. The van der Waals surface area contributed by atoms with E-state index in [1.165, 1.54) is 89.9 Å². The van der Waals surface area contributed by atoms with Crippen molar-refractivity contribution in [3.8, 4) is 0 Å². The van der Waals surface area contributed by atoms with Gasteiger partial charge in [0.1, 0.15) is 6.61 Å². The van der Waals surface area contributed by atoms with Crippen LogP contribution in [0, 0.1) is 0 Å². The molecular formula is C49H88NO7+. The predicted octanol–water partition coefficient (Wildman–Crippen LogP) is 12.8. The Morgan fingerprint density at radius 1 is 0.544 bits per heavy atom. The van der Waals surface area contributed by atoms with Crippen LogP contribution < -0.4 is 0 Å². The number of likely N-dealkylation sites (N-methyl/N-ethyl adjacent to an activating group) is 1. The van der Waals surface area contributed by atoms with Gasteiger partial charge in [-0.3, -0.25) is 9.59 Å². The summed E-state index contributed by atoms with van der Waals surface area (Å²) in [7, 11) is 5.52. The molecule has 0 fully saturated rings. The molecule has 0 saturated heterocycles. The van der Waals surface area contributed by atoms with Crippen molar-refractivity contribution in [3.05, 3.63) is 48.6 Å². The fourth-order valence-electron chi connectivity index (χ4n) is 6.63. The number of hydrogen-bond acceptors (Lipinski definition) is 6. The van der Waals surface area contributed by atoms with E-state index < -0.39 is 18.1 Å². The van der Waals surface area contributed by atoms with Gasteiger partial charge in [0.2, 0.25) is 0 Å². The second-order valence-electron chi connectivity index (χ2n) is 16.6. The van der Waals surface area contributed by atoms with Gasteiger partial charge in [-0.1, -0.05) is 152 Å². The number of unbranched alkanes of at least 4 members (excludes halogenated alkanes) is 19. The molecule has 0 heterocycles. The second kappa shape index (κ2) is 40.1. The van der Waals surface area contributed by atoms with E-state index in [1.54, 1.807) is 0 Å². The van der Waals surface area contributed by atoms with E-state index in [-0.39, 0.29) is 36.2 Å². The molecular weight excluding hydrogens is 715 g/mol. The molecule has 8 heteroatoms. The van der Waals surface area contributed by atoms with Crippen LogP contribution in [0.4, 0.5) is 0 Å². The van der Waals surface area contributed by atoms with Gasteiger partial charge in [0.05, 0.1) is 34.4 Å². The highest BCUT2D eigenvalue weighted by Crippen LogP contribution is 2.14. The zero-order valence-electron chi connectivity index (χ0n) is 37.5. The van der Waals surface area contributed by atoms with E-state index in [0.29, 0.717) is 19.3 Å². The largest absolute Gasteiger partial charge is 0.477 e. The Bertz CT molecular complexity index is 1070. The Balaban J connectivity index is 4.28. The molecule has 0 rings (SSSR count). The van der Waals surface area contributed by atoms with Crippen molar-refractivity contribution in [2.75, 3.05) is 41.0 Å². The van der Waals surface area contributed by atoms with Crippen LogP contribution in [0.25, 0.3) is 0 Å². The molecule has 0 radical (unpaired) electrons. The Morgan fingerprint density at radius 2 is 0.982 bits per heavy atom. The summed E-state index contributed by atoms with van der Waals surface area (Å²) in [5.41, 5.74) is 0. The van der Waals surface area contributed by atoms with Crippen molar-refractivity contribution in [1.29, 1.82) is 0 Å². The zero-order valence-corrected chi connectivity index (χ0v) is 37.5. The lowest BCUT2D eigenvalue weighted by Crippen LogP contribution is -2.50. The minimum Gasteiger partial charge on any atom is -0.477 e. The van der Waals surface area contributed by atoms with Crippen LogP contribution in [0.2, 0.25) is 0 Å². The van der Waals surface area contributed by atoms with Gasteiger partial charge in [-0.15, -0.1) is 0 Å². The zero-order chi connectivity index (χ0) is 42.1. The molecule has 2 atom stereocenters. The molecule has 0 amide bonds. The van der Waals surface area contributed by atoms with Crippen LogP contribution in [-0.4, -0.2) is 80.6 Å². The molecule has 330 valence electrons. The summed E-state index contributed by atoms with van der Waals surface area (Å²) in [5.74, 6) is -1.49. The quantitative estimate of drug-likeness (QED) is 0.0284. The summed E-state index contributed by atoms with van der Waals surface area (Å²) >= 11 is 0. The molecule has 0 bridgehead atoms. The summed E-state index contributed by atoms with van der Waals surface area (Å²) in [5, 5.41) is 9.62. The van der Waals surface area contributed by atoms with Crippen LogP contribution in [0.5, 0.6) is 0 Å². The molecule has 0 spiro atoms. The number of aliphatic carboxylic acids is 1. The van der Waals surface area contributed by atoms with Crippen molar-refractivity contribution in [1.82, 2.24) is 0 Å². The maximum absolute atomic E-state index is 12.7. The minimum atomic E-state index is -0.878. The van der Waals surface area contributed by atoms with Gasteiger partial charge in [-0.05, 0) is 70.6 Å². The third-order valence-electron chi connectivity index (χ3n) is 10.2. The number of carbonyl (C=O) groups is 3. The number of quaternary nitrogens is 1. The first-order valence-electron chi connectivity index (χ1n) is 23.2. The lowest BCUT2D eigenvalue weighted by molar-refractivity contribution is -0.887. The number of ether oxygens (including phenoxy) is 3. The highest BCUT2D eigenvalue weighted by atomic mass is 16.6. The smallest absolute Gasteiger partial charge is 0.362 e. The molecule has 0 aliphatic carbocycles. The van der Waals surface area contributed by atoms with Crippen LogP contribution in [0.15, 0.2) is 48.6 Å². The van der Waals surface area contributed by atoms with E-state index in [9.17, 15) is 19.5 Å². The number of esters is 2. The molecule has 0 aromatic heterocycles. The highest BCUT2D eigenvalue weighted by Gasteiger charge is 2.31. The Labute approximate surface area is 350 Å². The Kier molecular flexibility index (Phi) is 38.2. The van der Waals surface area contributed by atoms with Gasteiger partial charge in [0.15, 0.2) is 12.1 Å². The lowest BCUT2D eigenvalue weighted by Gasteiger charge is -2.31. The Hall–Kier alpha value is -2.71. The second-order valence-corrected chi connectivity index (χ2v) is 16.6. The number of carboxylic acids is 1. The molecule has 2 unspecified atom stereocenters. The van der Waals surface area contributed by atoms with Gasteiger partial charge in [0.25, 0.3) is 0 Å². The summed E-state index contributed by atoms with van der Waals surface area (Å²) in [4.78, 5) is 37.0. The van der Waals surface area contributed by atoms with Crippen molar-refractivity contribution in [2.45, 2.75) is 206 Å². The molecule has 0 saturated carbocycles. The van der Waals surface area contributed by atoms with E-state index in [4.69, 9.17) is 14.2 Å². The van der Waals surface area contributed by atoms with Crippen LogP contribution in [-0.2, 0) is 28.6 Å². The summed E-state index contributed by atoms with van der Waals surface area (Å²) in [6, 6.07) is -0.617. The molecule has 0 aliphatic rings. The number of nitrogens with zero attached hydrogens (tertiary/aromatic N) is 1. The molecule has 57 heavy (non-hydrogen) atoms. The molecule has 0 aromatic rings. The topological polar surface area (TPSA) is 99.1 Å². The lowest BCUT2D eigenvalue weighted by atomic mass is 10.1. The fraction of sp³-hybridized carbons (Fsp3) is 0.776. The van der Waals surface area contributed by atoms with E-state index in [2.05, 4.69) is 62.5 Å². The van der Waals surface area contributed by atoms with Crippen molar-refractivity contribution >= 4 is 17.9 Å². The molecule has 0 aliphatic heterocycles. The van der Waals surface area contributed by atoms with Crippen LogP contribution in [0.1, 0.15) is 194 Å². The number of rotatable bonds is 41. The van der Waals surface area contributed by atoms with Gasteiger partial charge < -0.3 is 23.8 Å². The van der Waals surface area contributed by atoms with Crippen molar-refractivity contribution in [3.63, 3.8) is 0 Å². The summed E-state index contributed by atoms with van der Waals surface area (Å²) in [6.45, 7) is 4.60. The number of carbonyl (C=O) groups excluding carboxylic acids is 2. The van der Waals surface area contributed by atoms with Gasteiger partial charge in [-0.2, -0.15) is 0 Å². The SMILES string of the molecule is CC/C=C/C/C=C/C/C=C/CCCCCCCCCCCCC(=O)OCC(COCCC(C(=O)O)[N+](C)(C)C)OC(=O)CCCCC/C=C/CCCCCCCC. The van der Waals surface area contributed by atoms with Crippen molar-refractivity contribution < 1.29 is 38.2 Å². The highest BCUT2D eigenvalue weighted by molar-refractivity contribution is 5.72. The Morgan fingerprint density at radius 3 is 1.49 bits per heavy atom. The van der Waals surface area contributed by atoms with E-state index in [1.807, 2.05) is 21.1 Å². The van der Waals surface area contributed by atoms with Gasteiger partial charge in [0, 0.05) is 19.3 Å². The number of carboxylic acid groups (broad SMARTS) is 1. The average molecular weight is 803 g/mol. The van der Waals surface area contributed by atoms with Crippen molar-refractivity contribution in [2.24, 2.45) is 0 Å². The summed E-state index contributed by atoms with van der Waals surface area (Å²) < 4.78 is 17.3. The summed E-state index contributed by atoms with van der Waals surface area (Å²) in [6.07, 6.45) is 47.3. The van der Waals surface area contributed by atoms with Gasteiger partial charge in [-0.25, -0.2) is 4.79 Å². The minimum absolute atomic E-state index is 0.0540. The fourth-order valence-corrected chi connectivity index (χ4v) is 6.63. The van der Waals surface area contributed by atoms with Crippen LogP contribution in [0.3, 0.4) is 0 Å². The van der Waals surface area contributed by atoms with E-state index >= 15 is 0 Å².